The van der Waals surface area contributed by atoms with Crippen molar-refractivity contribution in [2.75, 3.05) is 31.1 Å². The zero-order chi connectivity index (χ0) is 30.6. The minimum absolute atomic E-state index is 0.0385. The fourth-order valence-electron chi connectivity index (χ4n) is 6.92. The molecule has 3 atom stereocenters. The zero-order valence-electron chi connectivity index (χ0n) is 25.3. The number of anilines is 1. The van der Waals surface area contributed by atoms with Crippen LogP contribution in [-0.4, -0.2) is 76.0 Å². The second-order valence-electron chi connectivity index (χ2n) is 13.1. The van der Waals surface area contributed by atoms with E-state index < -0.39 is 11.4 Å². The van der Waals surface area contributed by atoms with Gasteiger partial charge in [-0.1, -0.05) is 30.3 Å². The van der Waals surface area contributed by atoms with Crippen molar-refractivity contribution in [2.45, 2.75) is 70.2 Å². The third kappa shape index (κ3) is 5.36. The number of fused-ring (bicyclic) bond motifs is 4. The zero-order valence-corrected chi connectivity index (χ0v) is 25.3. The minimum Gasteiger partial charge on any atom is -0.508 e. The minimum atomic E-state index is -0.576. The molecule has 7 rings (SSSR count). The van der Waals surface area contributed by atoms with Crippen LogP contribution < -0.4 is 15.0 Å². The SMILES string of the molecule is CC(C)(C)OC(=O)N1C2CCC1CN(c1nc(OC[C@@H]3CCCN3)nc3c(F)c(-c4cc(O)cc5ccccc45)ccc13)C2. The van der Waals surface area contributed by atoms with Crippen molar-refractivity contribution in [3.8, 4) is 22.9 Å². The maximum atomic E-state index is 16.6. The summed E-state index contributed by atoms with van der Waals surface area (Å²) in [6, 6.07) is 14.7. The van der Waals surface area contributed by atoms with Gasteiger partial charge in [-0.3, -0.25) is 4.90 Å². The van der Waals surface area contributed by atoms with E-state index in [-0.39, 0.29) is 41.5 Å². The van der Waals surface area contributed by atoms with Crippen LogP contribution in [0.4, 0.5) is 15.0 Å². The number of carbonyl (C=O) groups is 1. The lowest BCUT2D eigenvalue weighted by molar-refractivity contribution is 0.0122. The molecule has 0 radical (unpaired) electrons. The van der Waals surface area contributed by atoms with E-state index in [4.69, 9.17) is 14.5 Å². The Morgan fingerprint density at radius 3 is 2.52 bits per heavy atom. The van der Waals surface area contributed by atoms with Crippen molar-refractivity contribution >= 4 is 33.6 Å². The standard InChI is InChI=1S/C34H38FN5O4/c1-34(2,3)44-33(42)40-22-10-11-23(40)18-39(17-22)31-27-13-12-26(28-16-24(41)15-20-7-4-5-9-25(20)28)29(35)30(27)37-32(38-31)43-19-21-8-6-14-36-21/h4-5,7,9,12-13,15-16,21-23,36,41H,6,8,10-11,14,17-19H2,1-3H3/t21-,22?,23?/m0/s1. The van der Waals surface area contributed by atoms with Gasteiger partial charge in [0.2, 0.25) is 0 Å². The number of hydrogen-bond acceptors (Lipinski definition) is 8. The summed E-state index contributed by atoms with van der Waals surface area (Å²) in [6.45, 7) is 8.06. The highest BCUT2D eigenvalue weighted by Gasteiger charge is 2.45. The fraction of sp³-hybridized carbons (Fsp3) is 0.441. The van der Waals surface area contributed by atoms with Gasteiger partial charge in [0, 0.05) is 30.1 Å². The number of ether oxygens (including phenoxy) is 2. The van der Waals surface area contributed by atoms with Gasteiger partial charge in [0.1, 0.15) is 29.3 Å². The molecule has 0 aliphatic carbocycles. The third-order valence-corrected chi connectivity index (χ3v) is 8.86. The highest BCUT2D eigenvalue weighted by atomic mass is 19.1. The molecule has 4 heterocycles. The Morgan fingerprint density at radius 1 is 1.02 bits per heavy atom. The molecule has 1 amide bonds. The predicted octanol–water partition coefficient (Wildman–Crippen LogP) is 6.01. The lowest BCUT2D eigenvalue weighted by Gasteiger charge is -2.42. The number of phenolic OH excluding ortho intramolecular Hbond substituents is 1. The number of aromatic hydroxyl groups is 1. The first kappa shape index (κ1) is 28.6. The molecule has 0 spiro atoms. The number of phenols is 1. The molecule has 3 fully saturated rings. The second kappa shape index (κ2) is 11.1. The number of halogens is 1. The van der Waals surface area contributed by atoms with Gasteiger partial charge in [-0.25, -0.2) is 9.18 Å². The number of benzene rings is 3. The van der Waals surface area contributed by atoms with Crippen LogP contribution in [0.25, 0.3) is 32.8 Å². The van der Waals surface area contributed by atoms with Gasteiger partial charge >= 0.3 is 12.1 Å². The van der Waals surface area contributed by atoms with Crippen molar-refractivity contribution in [1.29, 1.82) is 0 Å². The molecule has 4 aromatic rings. The summed E-state index contributed by atoms with van der Waals surface area (Å²) >= 11 is 0. The molecular weight excluding hydrogens is 561 g/mol. The molecule has 3 aromatic carbocycles. The Labute approximate surface area is 256 Å². The Kier molecular flexibility index (Phi) is 7.19. The summed E-state index contributed by atoms with van der Waals surface area (Å²) in [6.07, 6.45) is 3.52. The van der Waals surface area contributed by atoms with E-state index in [2.05, 4.69) is 15.2 Å². The van der Waals surface area contributed by atoms with Gasteiger partial charge in [0.05, 0.1) is 12.1 Å². The largest absolute Gasteiger partial charge is 0.508 e. The lowest BCUT2D eigenvalue weighted by atomic mass is 9.96. The second-order valence-corrected chi connectivity index (χ2v) is 13.1. The third-order valence-electron chi connectivity index (χ3n) is 8.86. The first-order valence-electron chi connectivity index (χ1n) is 15.5. The van der Waals surface area contributed by atoms with Crippen molar-refractivity contribution in [1.82, 2.24) is 20.2 Å². The van der Waals surface area contributed by atoms with E-state index >= 15 is 4.39 Å². The molecule has 2 bridgehead atoms. The van der Waals surface area contributed by atoms with Crippen LogP contribution in [-0.2, 0) is 4.74 Å². The quantitative estimate of drug-likeness (QED) is 0.288. The number of rotatable bonds is 5. The first-order chi connectivity index (χ1) is 21.1. The van der Waals surface area contributed by atoms with E-state index in [1.165, 1.54) is 0 Å². The maximum Gasteiger partial charge on any atom is 0.410 e. The summed E-state index contributed by atoms with van der Waals surface area (Å²) in [7, 11) is 0. The molecule has 9 nitrogen and oxygen atoms in total. The number of nitrogens with zero attached hydrogens (tertiary/aromatic N) is 4. The highest BCUT2D eigenvalue weighted by molar-refractivity contribution is 6.01. The molecule has 3 saturated heterocycles. The smallest absolute Gasteiger partial charge is 0.410 e. The van der Waals surface area contributed by atoms with Crippen LogP contribution in [0.5, 0.6) is 11.8 Å². The van der Waals surface area contributed by atoms with Crippen LogP contribution in [0.3, 0.4) is 0 Å². The number of piperazine rings is 1. The van der Waals surface area contributed by atoms with Gasteiger partial charge in [0.25, 0.3) is 0 Å². The van der Waals surface area contributed by atoms with Gasteiger partial charge in [0.15, 0.2) is 5.82 Å². The molecule has 10 heteroatoms. The van der Waals surface area contributed by atoms with Crippen LogP contribution in [0, 0.1) is 5.82 Å². The molecule has 2 unspecified atom stereocenters. The summed E-state index contributed by atoms with van der Waals surface area (Å²) in [5.41, 5.74) is 0.512. The Hall–Kier alpha value is -4.18. The monoisotopic (exact) mass is 599 g/mol. The molecule has 230 valence electrons. The van der Waals surface area contributed by atoms with E-state index in [0.29, 0.717) is 42.0 Å². The number of carbonyl (C=O) groups excluding carboxylic acids is 1. The summed E-state index contributed by atoms with van der Waals surface area (Å²) < 4.78 is 28.5. The number of hydrogen-bond donors (Lipinski definition) is 2. The summed E-state index contributed by atoms with van der Waals surface area (Å²) in [4.78, 5) is 26.6. The van der Waals surface area contributed by atoms with Gasteiger partial charge in [-0.2, -0.15) is 9.97 Å². The molecule has 44 heavy (non-hydrogen) atoms. The van der Waals surface area contributed by atoms with Gasteiger partial charge in [-0.15, -0.1) is 0 Å². The normalized spacial score (nSPS) is 21.8. The molecule has 1 aromatic heterocycles. The molecular formula is C34H38FN5O4. The summed E-state index contributed by atoms with van der Waals surface area (Å²) in [5, 5.41) is 16.1. The van der Waals surface area contributed by atoms with E-state index in [1.807, 2.05) is 56.0 Å². The van der Waals surface area contributed by atoms with Crippen molar-refractivity contribution in [3.63, 3.8) is 0 Å². The molecule has 2 N–H and O–H groups in total. The number of nitrogens with one attached hydrogen (secondary N) is 1. The van der Waals surface area contributed by atoms with Crippen molar-refractivity contribution in [2.24, 2.45) is 0 Å². The Balaban J connectivity index is 1.29. The van der Waals surface area contributed by atoms with Crippen molar-refractivity contribution in [3.05, 3.63) is 54.3 Å². The van der Waals surface area contributed by atoms with Crippen LogP contribution >= 0.6 is 0 Å². The van der Waals surface area contributed by atoms with Crippen LogP contribution in [0.15, 0.2) is 48.5 Å². The average Bonchev–Trinajstić information content (AvgIpc) is 3.60. The topological polar surface area (TPSA) is 100 Å². The van der Waals surface area contributed by atoms with Gasteiger partial charge < -0.3 is 24.8 Å². The first-order valence-corrected chi connectivity index (χ1v) is 15.5. The predicted molar refractivity (Wildman–Crippen MR) is 168 cm³/mol. The van der Waals surface area contributed by atoms with Crippen molar-refractivity contribution < 1.29 is 23.8 Å². The Bertz CT molecular complexity index is 1720. The van der Waals surface area contributed by atoms with E-state index in [1.54, 1.807) is 18.2 Å². The highest BCUT2D eigenvalue weighted by Crippen LogP contribution is 2.40. The maximum absolute atomic E-state index is 16.6. The van der Waals surface area contributed by atoms with E-state index in [0.717, 1.165) is 43.0 Å². The van der Waals surface area contributed by atoms with E-state index in [9.17, 15) is 9.90 Å². The molecule has 3 aliphatic heterocycles. The number of aromatic nitrogens is 2. The number of amides is 1. The summed E-state index contributed by atoms with van der Waals surface area (Å²) in [5.74, 6) is 0.158. The molecule has 0 saturated carbocycles. The fourth-order valence-corrected chi connectivity index (χ4v) is 6.92. The van der Waals surface area contributed by atoms with Crippen LogP contribution in [0.1, 0.15) is 46.5 Å². The molecule has 3 aliphatic rings. The average molecular weight is 600 g/mol. The Morgan fingerprint density at radius 2 is 1.80 bits per heavy atom. The van der Waals surface area contributed by atoms with Gasteiger partial charge in [-0.05, 0) is 87.5 Å². The van der Waals surface area contributed by atoms with Crippen LogP contribution in [0.2, 0.25) is 0 Å². The lowest BCUT2D eigenvalue weighted by Crippen LogP contribution is -2.57.